The van der Waals surface area contributed by atoms with Crippen LogP contribution >= 0.6 is 0 Å². The van der Waals surface area contributed by atoms with E-state index in [2.05, 4.69) is 98.5 Å². The van der Waals surface area contributed by atoms with E-state index in [4.69, 9.17) is 18.8 Å². The number of rotatable bonds is 10. The number of carbonyl (C=O) groups is 1. The van der Waals surface area contributed by atoms with Gasteiger partial charge in [0.25, 0.3) is 5.91 Å². The zero-order valence-corrected chi connectivity index (χ0v) is 33.1. The van der Waals surface area contributed by atoms with E-state index in [1.54, 1.807) is 0 Å². The van der Waals surface area contributed by atoms with Crippen LogP contribution in [0.4, 0.5) is 5.69 Å². The molecule has 8 rings (SSSR count). The molecule has 2 aliphatic carbocycles. The van der Waals surface area contributed by atoms with Crippen molar-refractivity contribution in [3.8, 4) is 33.9 Å². The van der Waals surface area contributed by atoms with Crippen molar-refractivity contribution in [1.82, 2.24) is 14.5 Å². The van der Waals surface area contributed by atoms with Crippen LogP contribution in [0.1, 0.15) is 50.5 Å². The molecular weight excluding hydrogens is 695 g/mol. The Morgan fingerprint density at radius 3 is 2.21 bits per heavy atom. The minimum Gasteiger partial charge on any atom is -0.456 e. The first-order chi connectivity index (χ1) is 27.3. The Morgan fingerprint density at radius 1 is 0.696 bits per heavy atom. The molecule has 0 bridgehead atoms. The highest BCUT2D eigenvalue weighted by atomic mass is 16.3. The van der Waals surface area contributed by atoms with Crippen molar-refractivity contribution in [2.75, 3.05) is 44.7 Å². The maximum atomic E-state index is 14.6. The molecule has 282 valence electrons. The summed E-state index contributed by atoms with van der Waals surface area (Å²) in [5.41, 5.74) is 8.38. The molecule has 0 atom stereocenters. The van der Waals surface area contributed by atoms with Crippen molar-refractivity contribution < 1.29 is 13.6 Å². The normalized spacial score (nSPS) is 12.2. The van der Waals surface area contributed by atoms with Crippen molar-refractivity contribution in [1.29, 1.82) is 0 Å². The maximum absolute atomic E-state index is 14.6. The van der Waals surface area contributed by atoms with Gasteiger partial charge in [0.05, 0.1) is 11.4 Å². The Kier molecular flexibility index (Phi) is 10.2. The van der Waals surface area contributed by atoms with Crippen LogP contribution in [0, 0.1) is 0 Å². The summed E-state index contributed by atoms with van der Waals surface area (Å²) < 4.78 is 15.6. The van der Waals surface area contributed by atoms with Crippen molar-refractivity contribution in [3.63, 3.8) is 0 Å². The molecule has 0 saturated carbocycles. The van der Waals surface area contributed by atoms with Gasteiger partial charge in [-0.3, -0.25) is 4.79 Å². The van der Waals surface area contributed by atoms with Crippen LogP contribution in [0.5, 0.6) is 0 Å². The van der Waals surface area contributed by atoms with Crippen LogP contribution in [-0.2, 0) is 6.54 Å². The summed E-state index contributed by atoms with van der Waals surface area (Å²) in [4.78, 5) is 29.1. The Hall–Kier alpha value is -6.12. The Morgan fingerprint density at radius 2 is 1.45 bits per heavy atom. The van der Waals surface area contributed by atoms with Crippen LogP contribution in [0.2, 0.25) is 0 Å². The van der Waals surface area contributed by atoms with Gasteiger partial charge in [-0.2, -0.15) is 0 Å². The predicted molar refractivity (Wildman–Crippen MR) is 228 cm³/mol. The van der Waals surface area contributed by atoms with Crippen LogP contribution < -0.4 is 20.2 Å². The first kappa shape index (κ1) is 36.8. The maximum Gasteiger partial charge on any atom is 0.278 e. The first-order valence-corrected chi connectivity index (χ1v) is 19.8. The van der Waals surface area contributed by atoms with Crippen LogP contribution in [-0.4, -0.2) is 55.6 Å². The Labute approximate surface area is 327 Å². The third-order valence-electron chi connectivity index (χ3n) is 11.0. The van der Waals surface area contributed by atoms with E-state index >= 15 is 0 Å². The molecule has 8 heteroatoms. The fraction of sp³-hybridized carbons (Fsp3) is 0.250. The number of benzene rings is 6. The van der Waals surface area contributed by atoms with E-state index in [0.717, 1.165) is 111 Å². The predicted octanol–water partition coefficient (Wildman–Crippen LogP) is 9.45. The van der Waals surface area contributed by atoms with E-state index in [1.165, 1.54) is 0 Å². The Bertz CT molecular complexity index is 2820. The minimum absolute atomic E-state index is 0.342. The molecular formula is C48H48N5O3+. The number of anilines is 1. The lowest BCUT2D eigenvalue weighted by molar-refractivity contribution is 0.0999. The van der Waals surface area contributed by atoms with Gasteiger partial charge in [0.1, 0.15) is 35.6 Å². The van der Waals surface area contributed by atoms with Gasteiger partial charge in [0.2, 0.25) is 5.36 Å². The summed E-state index contributed by atoms with van der Waals surface area (Å²) in [5.74, 6) is 0.997. The highest BCUT2D eigenvalue weighted by Gasteiger charge is 2.23. The molecule has 8 nitrogen and oxygen atoms in total. The summed E-state index contributed by atoms with van der Waals surface area (Å²) in [7, 11) is 2.11. The quantitative estimate of drug-likeness (QED) is 0.0790. The molecule has 4 aromatic rings. The molecule has 0 spiro atoms. The molecule has 0 unspecified atom stereocenters. The number of aromatic nitrogens is 1. The number of amides is 1. The molecule has 4 aromatic carbocycles. The molecule has 0 radical (unpaired) electrons. The fourth-order valence-electron chi connectivity index (χ4n) is 7.88. The number of fused-ring (bicyclic) bond motifs is 6. The third kappa shape index (κ3) is 6.75. The molecule has 0 fully saturated rings. The zero-order chi connectivity index (χ0) is 38.9. The summed E-state index contributed by atoms with van der Waals surface area (Å²) in [6, 6.07) is 36.5. The topological polar surface area (TPSA) is 78.1 Å². The zero-order valence-electron chi connectivity index (χ0n) is 33.1. The summed E-state index contributed by atoms with van der Waals surface area (Å²) in [6.45, 7) is 16.0. The average Bonchev–Trinajstić information content (AvgIpc) is 3.23. The van der Waals surface area contributed by atoms with Gasteiger partial charge in [-0.15, -0.1) is 0 Å². The highest BCUT2D eigenvalue weighted by molar-refractivity contribution is 6.09. The van der Waals surface area contributed by atoms with Gasteiger partial charge in [-0.1, -0.05) is 61.5 Å². The van der Waals surface area contributed by atoms with Crippen molar-refractivity contribution >= 4 is 44.4 Å². The second-order valence-electron chi connectivity index (χ2n) is 14.3. The van der Waals surface area contributed by atoms with Gasteiger partial charge < -0.3 is 18.6 Å². The van der Waals surface area contributed by atoms with Crippen molar-refractivity contribution in [2.24, 2.45) is 4.99 Å². The minimum atomic E-state index is -0.342. The molecule has 4 aliphatic rings. The van der Waals surface area contributed by atoms with Gasteiger partial charge in [0, 0.05) is 76.4 Å². The highest BCUT2D eigenvalue weighted by Crippen LogP contribution is 2.41. The molecule has 1 amide bonds. The Balaban J connectivity index is 1.33. The number of hydrogen-bond acceptors (Lipinski definition) is 6. The van der Waals surface area contributed by atoms with Crippen molar-refractivity contribution in [2.45, 2.75) is 41.2 Å². The van der Waals surface area contributed by atoms with E-state index < -0.39 is 0 Å². The lowest BCUT2D eigenvalue weighted by Crippen LogP contribution is -2.29. The SMILES string of the molecule is CCN(C)Cc1ccc2c(-c3ccccc3C(=O)N=c3cc4oc5cc(N(CC)CC)ccc5nc-4c4ccccc34)c3ccc(=[N+](CC)CC)cc-3oc2c1. The van der Waals surface area contributed by atoms with Gasteiger partial charge >= 0.3 is 0 Å². The van der Waals surface area contributed by atoms with E-state index in [0.29, 0.717) is 22.3 Å². The largest absolute Gasteiger partial charge is 0.456 e. The van der Waals surface area contributed by atoms with Gasteiger partial charge in [-0.25, -0.2) is 14.6 Å². The lowest BCUT2D eigenvalue weighted by Gasteiger charge is -2.21. The van der Waals surface area contributed by atoms with E-state index in [-0.39, 0.29) is 5.91 Å². The van der Waals surface area contributed by atoms with Crippen molar-refractivity contribution in [3.05, 3.63) is 131 Å². The van der Waals surface area contributed by atoms with Crippen LogP contribution in [0.15, 0.2) is 123 Å². The standard InChI is InChI=1S/C48H48N5O3/c1-7-51(6)30-31-20-23-38-42(26-31)55-43-27-32(52(8-2)9-3)21-24-39(43)46(38)35-17-13-15-19-37(35)48(54)50-41-29-45-47(36-18-14-12-16-34(36)41)49-40-25-22-33(28-44(40)56-45)53(10-4)11-5/h12-29H,7-11,30H2,1-6H3/q+1. The average molecular weight is 743 g/mol. The molecule has 0 saturated heterocycles. The van der Waals surface area contributed by atoms with Crippen LogP contribution in [0.3, 0.4) is 0 Å². The molecule has 56 heavy (non-hydrogen) atoms. The number of carbonyl (C=O) groups excluding carboxylic acids is 1. The molecule has 0 aromatic heterocycles. The number of nitrogens with zero attached hydrogens (tertiary/aromatic N) is 5. The fourth-order valence-corrected chi connectivity index (χ4v) is 7.88. The smallest absolute Gasteiger partial charge is 0.278 e. The molecule has 0 N–H and O–H groups in total. The summed E-state index contributed by atoms with van der Waals surface area (Å²) >= 11 is 0. The monoisotopic (exact) mass is 742 g/mol. The molecule has 2 aliphatic heterocycles. The van der Waals surface area contributed by atoms with Gasteiger partial charge in [-0.05, 0) is 82.7 Å². The number of hydrogen-bond donors (Lipinski definition) is 0. The first-order valence-electron chi connectivity index (χ1n) is 19.8. The van der Waals surface area contributed by atoms with E-state index in [9.17, 15) is 4.79 Å². The van der Waals surface area contributed by atoms with E-state index in [1.807, 2.05) is 66.7 Å². The van der Waals surface area contributed by atoms with Crippen LogP contribution in [0.25, 0.3) is 66.7 Å². The van der Waals surface area contributed by atoms with Gasteiger partial charge in [0.15, 0.2) is 11.3 Å². The molecule has 2 heterocycles. The second kappa shape index (κ2) is 15.6. The third-order valence-corrected chi connectivity index (χ3v) is 11.0. The lowest BCUT2D eigenvalue weighted by atomic mass is 9.90. The summed E-state index contributed by atoms with van der Waals surface area (Å²) in [6.07, 6.45) is 0. The second-order valence-corrected chi connectivity index (χ2v) is 14.3. The summed E-state index contributed by atoms with van der Waals surface area (Å²) in [5, 5.41) is 4.27.